The molecular weight excluding hydrogens is 280 g/mol. The number of methoxy groups -OCH3 is 1. The van der Waals surface area contributed by atoms with Gasteiger partial charge in [-0.1, -0.05) is 6.07 Å². The maximum absolute atomic E-state index is 11.8. The number of amides is 1. The van der Waals surface area contributed by atoms with Gasteiger partial charge < -0.3 is 9.64 Å². The molecule has 0 saturated carbocycles. The van der Waals surface area contributed by atoms with Gasteiger partial charge >= 0.3 is 0 Å². The van der Waals surface area contributed by atoms with Gasteiger partial charge in [-0.15, -0.1) is 0 Å². The average Bonchev–Trinajstić information content (AvgIpc) is 2.33. The Morgan fingerprint density at radius 3 is 2.55 bits per heavy atom. The van der Waals surface area contributed by atoms with E-state index in [-0.39, 0.29) is 19.0 Å². The van der Waals surface area contributed by atoms with E-state index < -0.39 is 10.0 Å². The Balaban J connectivity index is 2.96. The second kappa shape index (κ2) is 6.71. The molecule has 112 valence electrons. The third-order valence-electron chi connectivity index (χ3n) is 2.70. The molecule has 1 rings (SSSR count). The van der Waals surface area contributed by atoms with Gasteiger partial charge in [0.05, 0.1) is 19.1 Å². The molecule has 0 unspecified atom stereocenters. The summed E-state index contributed by atoms with van der Waals surface area (Å²) in [7, 11) is -1.74. The smallest absolute Gasteiger partial charge is 0.224 e. The predicted molar refractivity (Wildman–Crippen MR) is 78.6 cm³/mol. The minimum atomic E-state index is -3.27. The number of nitrogens with one attached hydrogen (secondary N) is 1. The summed E-state index contributed by atoms with van der Waals surface area (Å²) >= 11 is 0. The highest BCUT2D eigenvalue weighted by Crippen LogP contribution is 2.29. The predicted octanol–water partition coefficient (Wildman–Crippen LogP) is 0.906. The Kier molecular flexibility index (Phi) is 5.52. The molecule has 1 aromatic rings. The Bertz CT molecular complexity index is 584. The Morgan fingerprint density at radius 2 is 2.05 bits per heavy atom. The van der Waals surface area contributed by atoms with Gasteiger partial charge in [-0.2, -0.15) is 0 Å². The number of hydrogen-bond acceptors (Lipinski definition) is 4. The highest BCUT2D eigenvalue weighted by molar-refractivity contribution is 7.88. The summed E-state index contributed by atoms with van der Waals surface area (Å²) in [5, 5.41) is 0. The van der Waals surface area contributed by atoms with Crippen LogP contribution >= 0.6 is 0 Å². The number of carbonyl (C=O) groups excluding carboxylic acids is 1. The van der Waals surface area contributed by atoms with Crippen molar-refractivity contribution >= 4 is 21.6 Å². The largest absolute Gasteiger partial charge is 0.495 e. The van der Waals surface area contributed by atoms with Crippen LogP contribution in [0.3, 0.4) is 0 Å². The number of aryl methyl sites for hydroxylation is 1. The van der Waals surface area contributed by atoms with Crippen LogP contribution in [-0.4, -0.2) is 40.8 Å². The maximum Gasteiger partial charge on any atom is 0.224 e. The highest BCUT2D eigenvalue weighted by atomic mass is 32.2. The summed E-state index contributed by atoms with van der Waals surface area (Å²) < 4.78 is 29.7. The number of carbonyl (C=O) groups is 1. The first-order valence-electron chi connectivity index (χ1n) is 6.12. The summed E-state index contributed by atoms with van der Waals surface area (Å²) in [5.74, 6) is 0.398. The number of rotatable bonds is 6. The summed E-state index contributed by atoms with van der Waals surface area (Å²) in [5.41, 5.74) is 1.62. The number of nitrogens with zero attached hydrogens (tertiary/aromatic N) is 1. The highest BCUT2D eigenvalue weighted by Gasteiger charge is 2.16. The van der Waals surface area contributed by atoms with Crippen molar-refractivity contribution in [1.82, 2.24) is 4.72 Å². The van der Waals surface area contributed by atoms with E-state index in [0.29, 0.717) is 11.4 Å². The third-order valence-corrected chi connectivity index (χ3v) is 3.43. The van der Waals surface area contributed by atoms with E-state index in [9.17, 15) is 13.2 Å². The van der Waals surface area contributed by atoms with Crippen LogP contribution in [0, 0.1) is 6.92 Å². The third kappa shape index (κ3) is 4.82. The summed E-state index contributed by atoms with van der Waals surface area (Å²) in [6.07, 6.45) is 1.08. The summed E-state index contributed by atoms with van der Waals surface area (Å²) in [6.45, 7) is 3.73. The lowest BCUT2D eigenvalue weighted by Crippen LogP contribution is -2.37. The minimum absolute atomic E-state index is 0.148. The van der Waals surface area contributed by atoms with Gasteiger partial charge in [-0.05, 0) is 24.6 Å². The molecule has 0 spiro atoms. The van der Waals surface area contributed by atoms with Crippen molar-refractivity contribution in [2.24, 2.45) is 0 Å². The monoisotopic (exact) mass is 300 g/mol. The Labute approximate surface area is 119 Å². The van der Waals surface area contributed by atoms with Gasteiger partial charge in [-0.3, -0.25) is 4.79 Å². The van der Waals surface area contributed by atoms with Crippen molar-refractivity contribution < 1.29 is 17.9 Å². The fourth-order valence-electron chi connectivity index (χ4n) is 1.80. The van der Waals surface area contributed by atoms with Crippen LogP contribution in [0.4, 0.5) is 5.69 Å². The molecule has 20 heavy (non-hydrogen) atoms. The van der Waals surface area contributed by atoms with Gasteiger partial charge in [0.15, 0.2) is 0 Å². The molecule has 0 radical (unpaired) electrons. The van der Waals surface area contributed by atoms with Gasteiger partial charge in [-0.25, -0.2) is 13.1 Å². The molecule has 0 atom stereocenters. The van der Waals surface area contributed by atoms with E-state index in [4.69, 9.17) is 4.74 Å². The zero-order chi connectivity index (χ0) is 15.3. The lowest BCUT2D eigenvalue weighted by Gasteiger charge is -2.23. The topological polar surface area (TPSA) is 75.7 Å². The number of ether oxygens (including phenoxy) is 1. The van der Waals surface area contributed by atoms with Crippen molar-refractivity contribution in [3.05, 3.63) is 23.8 Å². The second-order valence-electron chi connectivity index (χ2n) is 4.51. The zero-order valence-corrected chi connectivity index (χ0v) is 13.0. The molecule has 7 heteroatoms. The first kappa shape index (κ1) is 16.5. The van der Waals surface area contributed by atoms with Crippen LogP contribution in [0.5, 0.6) is 5.75 Å². The molecular formula is C13H20N2O4S. The molecule has 0 saturated heterocycles. The van der Waals surface area contributed by atoms with E-state index in [0.717, 1.165) is 11.8 Å². The molecule has 1 aromatic carbocycles. The van der Waals surface area contributed by atoms with Crippen LogP contribution < -0.4 is 14.4 Å². The average molecular weight is 300 g/mol. The summed E-state index contributed by atoms with van der Waals surface area (Å²) in [4.78, 5) is 13.3. The minimum Gasteiger partial charge on any atom is -0.495 e. The fraction of sp³-hybridized carbons (Fsp3) is 0.462. The van der Waals surface area contributed by atoms with Crippen LogP contribution in [0.1, 0.15) is 12.5 Å². The first-order valence-corrected chi connectivity index (χ1v) is 8.01. The van der Waals surface area contributed by atoms with Crippen molar-refractivity contribution in [3.63, 3.8) is 0 Å². The van der Waals surface area contributed by atoms with E-state index in [1.54, 1.807) is 6.07 Å². The van der Waals surface area contributed by atoms with Crippen LogP contribution in [-0.2, 0) is 14.8 Å². The van der Waals surface area contributed by atoms with E-state index in [1.165, 1.54) is 18.9 Å². The molecule has 6 nitrogen and oxygen atoms in total. The molecule has 0 aliphatic carbocycles. The van der Waals surface area contributed by atoms with Crippen LogP contribution in [0.25, 0.3) is 0 Å². The van der Waals surface area contributed by atoms with E-state index >= 15 is 0 Å². The first-order chi connectivity index (χ1) is 9.24. The lowest BCUT2D eigenvalue weighted by atomic mass is 10.2. The normalized spacial score (nSPS) is 11.2. The van der Waals surface area contributed by atoms with Gasteiger partial charge in [0.2, 0.25) is 15.9 Å². The van der Waals surface area contributed by atoms with E-state index in [1.807, 2.05) is 19.1 Å². The molecule has 1 N–H and O–H groups in total. The quantitative estimate of drug-likeness (QED) is 0.847. The Hall–Kier alpha value is -1.60. The second-order valence-corrected chi connectivity index (χ2v) is 6.35. The molecule has 0 aliphatic heterocycles. The fourth-order valence-corrected chi connectivity index (χ4v) is 2.26. The molecule has 0 aliphatic rings. The SMILES string of the molecule is COc1ccc(C)cc1N(CCNS(C)(=O)=O)C(C)=O. The van der Waals surface area contributed by atoms with E-state index in [2.05, 4.69) is 4.72 Å². The number of hydrogen-bond donors (Lipinski definition) is 1. The molecule has 0 fully saturated rings. The van der Waals surface area contributed by atoms with Crippen molar-refractivity contribution in [2.45, 2.75) is 13.8 Å². The summed E-state index contributed by atoms with van der Waals surface area (Å²) in [6, 6.07) is 5.50. The van der Waals surface area contributed by atoms with Gasteiger partial charge in [0.25, 0.3) is 0 Å². The Morgan fingerprint density at radius 1 is 1.40 bits per heavy atom. The van der Waals surface area contributed by atoms with Gasteiger partial charge in [0, 0.05) is 20.0 Å². The van der Waals surface area contributed by atoms with Crippen molar-refractivity contribution in [3.8, 4) is 5.75 Å². The standard InChI is InChI=1S/C13H20N2O4S/c1-10-5-6-13(19-3)12(9-10)15(11(2)16)8-7-14-20(4,17)18/h5-6,9,14H,7-8H2,1-4H3. The van der Waals surface area contributed by atoms with Crippen LogP contribution in [0.2, 0.25) is 0 Å². The van der Waals surface area contributed by atoms with Gasteiger partial charge in [0.1, 0.15) is 5.75 Å². The maximum atomic E-state index is 11.8. The molecule has 0 heterocycles. The lowest BCUT2D eigenvalue weighted by molar-refractivity contribution is -0.116. The van der Waals surface area contributed by atoms with Crippen molar-refractivity contribution in [2.75, 3.05) is 31.4 Å². The number of benzene rings is 1. The zero-order valence-electron chi connectivity index (χ0n) is 12.1. The van der Waals surface area contributed by atoms with Crippen LogP contribution in [0.15, 0.2) is 18.2 Å². The molecule has 0 aromatic heterocycles. The number of sulfonamides is 1. The molecule has 0 bridgehead atoms. The number of anilines is 1. The van der Waals surface area contributed by atoms with Crippen molar-refractivity contribution in [1.29, 1.82) is 0 Å². The molecule has 1 amide bonds.